The summed E-state index contributed by atoms with van der Waals surface area (Å²) < 4.78 is 10.6. The molecule has 140 valence electrons. The average molecular weight is 365 g/mol. The van der Waals surface area contributed by atoms with E-state index >= 15 is 0 Å². The van der Waals surface area contributed by atoms with Crippen LogP contribution in [0.5, 0.6) is 5.75 Å². The van der Waals surface area contributed by atoms with Crippen molar-refractivity contribution in [1.29, 1.82) is 0 Å². The van der Waals surface area contributed by atoms with Gasteiger partial charge in [0.15, 0.2) is 11.8 Å². The maximum absolute atomic E-state index is 12.5. The minimum atomic E-state index is -0.693. The Labute approximate surface area is 158 Å². The molecule has 0 bridgehead atoms. The van der Waals surface area contributed by atoms with Crippen LogP contribution in [0, 0.1) is 13.8 Å². The van der Waals surface area contributed by atoms with Crippen molar-refractivity contribution >= 4 is 11.7 Å². The topological polar surface area (TPSA) is 77.2 Å². The first kappa shape index (κ1) is 18.6. The lowest BCUT2D eigenvalue weighted by Gasteiger charge is -2.14. The highest BCUT2D eigenvalue weighted by Crippen LogP contribution is 2.26. The van der Waals surface area contributed by atoms with Gasteiger partial charge in [-0.2, -0.15) is 0 Å². The van der Waals surface area contributed by atoms with E-state index in [9.17, 15) is 4.79 Å². The number of nitrogens with one attached hydrogen (secondary N) is 1. The van der Waals surface area contributed by atoms with E-state index < -0.39 is 6.10 Å². The molecule has 2 aromatic carbocycles. The van der Waals surface area contributed by atoms with Gasteiger partial charge < -0.3 is 10.1 Å². The van der Waals surface area contributed by atoms with E-state index in [4.69, 9.17) is 9.37 Å². The Balaban J connectivity index is 1.70. The molecule has 0 aliphatic heterocycles. The molecule has 0 saturated heterocycles. The third kappa shape index (κ3) is 4.34. The zero-order chi connectivity index (χ0) is 19.4. The molecule has 27 heavy (non-hydrogen) atoms. The molecule has 0 aliphatic carbocycles. The molecule has 0 saturated carbocycles. The fourth-order valence-corrected chi connectivity index (χ4v) is 2.63. The maximum Gasteiger partial charge on any atom is 0.266 e. The van der Waals surface area contributed by atoms with Crippen molar-refractivity contribution < 1.29 is 14.2 Å². The third-order valence-corrected chi connectivity index (χ3v) is 4.52. The minimum absolute atomic E-state index is 0.278. The van der Waals surface area contributed by atoms with Gasteiger partial charge in [-0.05, 0) is 72.4 Å². The summed E-state index contributed by atoms with van der Waals surface area (Å²) in [4.78, 5) is 12.5. The van der Waals surface area contributed by atoms with E-state index in [1.165, 1.54) is 11.1 Å². The molecule has 1 amide bonds. The van der Waals surface area contributed by atoms with E-state index in [2.05, 4.69) is 22.6 Å². The molecular weight excluding hydrogens is 342 g/mol. The number of rotatable bonds is 6. The summed E-state index contributed by atoms with van der Waals surface area (Å²) in [5.74, 6) is 0.595. The highest BCUT2D eigenvalue weighted by atomic mass is 16.6. The molecular formula is C21H23N3O3. The van der Waals surface area contributed by atoms with E-state index in [1.807, 2.05) is 56.3 Å². The van der Waals surface area contributed by atoms with E-state index in [1.54, 1.807) is 6.92 Å². The van der Waals surface area contributed by atoms with Crippen LogP contribution in [0.25, 0.3) is 11.3 Å². The average Bonchev–Trinajstić information content (AvgIpc) is 3.12. The number of carbonyl (C=O) groups excluding carboxylic acids is 1. The van der Waals surface area contributed by atoms with Gasteiger partial charge in [0.2, 0.25) is 5.82 Å². The second-order valence-corrected chi connectivity index (χ2v) is 6.51. The number of anilines is 1. The highest BCUT2D eigenvalue weighted by Gasteiger charge is 2.20. The zero-order valence-electron chi connectivity index (χ0n) is 15.9. The van der Waals surface area contributed by atoms with Crippen molar-refractivity contribution in [2.24, 2.45) is 0 Å². The van der Waals surface area contributed by atoms with Crippen LogP contribution in [0.1, 0.15) is 30.5 Å². The van der Waals surface area contributed by atoms with Crippen LogP contribution in [-0.2, 0) is 11.2 Å². The lowest BCUT2D eigenvalue weighted by molar-refractivity contribution is -0.122. The molecule has 0 spiro atoms. The molecule has 1 heterocycles. The fourth-order valence-electron chi connectivity index (χ4n) is 2.63. The summed E-state index contributed by atoms with van der Waals surface area (Å²) in [5.41, 5.74) is 4.84. The molecule has 3 rings (SSSR count). The first-order chi connectivity index (χ1) is 13.0. The summed E-state index contributed by atoms with van der Waals surface area (Å²) in [6.45, 7) is 7.83. The van der Waals surface area contributed by atoms with Crippen molar-refractivity contribution in [2.75, 3.05) is 5.32 Å². The van der Waals surface area contributed by atoms with E-state index in [0.29, 0.717) is 11.4 Å². The Morgan fingerprint density at radius 2 is 1.85 bits per heavy atom. The summed E-state index contributed by atoms with van der Waals surface area (Å²) >= 11 is 0. The molecule has 3 aromatic rings. The first-order valence-corrected chi connectivity index (χ1v) is 8.94. The van der Waals surface area contributed by atoms with Gasteiger partial charge in [-0.3, -0.25) is 4.79 Å². The monoisotopic (exact) mass is 365 g/mol. The molecule has 0 radical (unpaired) electrons. The Kier molecular flexibility index (Phi) is 5.54. The standard InChI is InChI=1S/C21H23N3O3/c1-5-16-7-10-18(11-8-16)26-15(4)21(25)22-20-19(23-27-24-20)17-9-6-13(2)14(3)12-17/h6-12,15H,5H2,1-4H3,(H,22,24,25). The summed E-state index contributed by atoms with van der Waals surface area (Å²) in [6, 6.07) is 13.6. The molecule has 1 atom stereocenters. The third-order valence-electron chi connectivity index (χ3n) is 4.52. The number of amides is 1. The van der Waals surface area contributed by atoms with Gasteiger partial charge in [-0.1, -0.05) is 31.2 Å². The molecule has 1 N–H and O–H groups in total. The molecule has 1 aromatic heterocycles. The fraction of sp³-hybridized carbons (Fsp3) is 0.286. The molecule has 6 nitrogen and oxygen atoms in total. The van der Waals surface area contributed by atoms with Gasteiger partial charge in [0, 0.05) is 5.56 Å². The maximum atomic E-state index is 12.5. The van der Waals surface area contributed by atoms with Crippen LogP contribution in [0.15, 0.2) is 47.1 Å². The predicted octanol–water partition coefficient (Wildman–Crippen LogP) is 4.32. The molecule has 1 unspecified atom stereocenters. The predicted molar refractivity (Wildman–Crippen MR) is 104 cm³/mol. The van der Waals surface area contributed by atoms with Gasteiger partial charge in [-0.25, -0.2) is 4.63 Å². The highest BCUT2D eigenvalue weighted by molar-refractivity contribution is 5.96. The van der Waals surface area contributed by atoms with Gasteiger partial charge >= 0.3 is 0 Å². The second kappa shape index (κ2) is 8.03. The van der Waals surface area contributed by atoms with Crippen molar-refractivity contribution in [2.45, 2.75) is 40.2 Å². The van der Waals surface area contributed by atoms with Gasteiger partial charge in [0.05, 0.1) is 0 Å². The van der Waals surface area contributed by atoms with Crippen molar-refractivity contribution in [3.05, 3.63) is 59.2 Å². The number of nitrogens with zero attached hydrogens (tertiary/aromatic N) is 2. The van der Waals surface area contributed by atoms with Gasteiger partial charge in [-0.15, -0.1) is 0 Å². The van der Waals surface area contributed by atoms with Crippen molar-refractivity contribution in [3.63, 3.8) is 0 Å². The molecule has 0 fully saturated rings. The van der Waals surface area contributed by atoms with Gasteiger partial charge in [0.25, 0.3) is 5.91 Å². The summed E-state index contributed by atoms with van der Waals surface area (Å²) in [5, 5.41) is 10.5. The van der Waals surface area contributed by atoms with Crippen LogP contribution in [-0.4, -0.2) is 22.3 Å². The Bertz CT molecular complexity index is 932. The number of carbonyl (C=O) groups is 1. The lowest BCUT2D eigenvalue weighted by Crippen LogP contribution is -2.30. The van der Waals surface area contributed by atoms with Crippen LogP contribution in [0.4, 0.5) is 5.82 Å². The summed E-state index contributed by atoms with van der Waals surface area (Å²) in [6.07, 6.45) is 0.262. The number of hydrogen-bond acceptors (Lipinski definition) is 5. The number of ether oxygens (including phenoxy) is 1. The Morgan fingerprint density at radius 3 is 2.52 bits per heavy atom. The molecule has 0 aliphatic rings. The largest absolute Gasteiger partial charge is 0.481 e. The molecule has 6 heteroatoms. The van der Waals surface area contributed by atoms with Crippen LogP contribution < -0.4 is 10.1 Å². The van der Waals surface area contributed by atoms with Gasteiger partial charge in [0.1, 0.15) is 5.75 Å². The van der Waals surface area contributed by atoms with Crippen molar-refractivity contribution in [1.82, 2.24) is 10.3 Å². The smallest absolute Gasteiger partial charge is 0.266 e. The SMILES string of the molecule is CCc1ccc(OC(C)C(=O)Nc2nonc2-c2ccc(C)c(C)c2)cc1. The van der Waals surface area contributed by atoms with E-state index in [-0.39, 0.29) is 11.7 Å². The first-order valence-electron chi connectivity index (χ1n) is 8.94. The number of aromatic nitrogens is 2. The normalized spacial score (nSPS) is 11.9. The Hall–Kier alpha value is -3.15. The minimum Gasteiger partial charge on any atom is -0.481 e. The lowest BCUT2D eigenvalue weighted by atomic mass is 10.0. The quantitative estimate of drug-likeness (QED) is 0.704. The number of hydrogen-bond donors (Lipinski definition) is 1. The van der Waals surface area contributed by atoms with Crippen LogP contribution in [0.2, 0.25) is 0 Å². The van der Waals surface area contributed by atoms with E-state index in [0.717, 1.165) is 17.5 Å². The number of aryl methyl sites for hydroxylation is 3. The zero-order valence-corrected chi connectivity index (χ0v) is 15.9. The van der Waals surface area contributed by atoms with Crippen LogP contribution >= 0.6 is 0 Å². The Morgan fingerprint density at radius 1 is 1.11 bits per heavy atom. The number of benzene rings is 2. The summed E-state index contributed by atoms with van der Waals surface area (Å²) in [7, 11) is 0. The van der Waals surface area contributed by atoms with Crippen molar-refractivity contribution in [3.8, 4) is 17.0 Å². The second-order valence-electron chi connectivity index (χ2n) is 6.51. The van der Waals surface area contributed by atoms with Crippen LogP contribution in [0.3, 0.4) is 0 Å².